The third-order valence-corrected chi connectivity index (χ3v) is 3.96. The summed E-state index contributed by atoms with van der Waals surface area (Å²) in [7, 11) is 0. The summed E-state index contributed by atoms with van der Waals surface area (Å²) in [6.45, 7) is -0.153. The minimum absolute atomic E-state index is 0.153. The van der Waals surface area contributed by atoms with Crippen LogP contribution in [-0.4, -0.2) is 24.4 Å². The quantitative estimate of drug-likeness (QED) is 0.589. The van der Waals surface area contributed by atoms with Crippen molar-refractivity contribution in [3.8, 4) is 0 Å². The van der Waals surface area contributed by atoms with Gasteiger partial charge in [0.1, 0.15) is 5.82 Å². The SMILES string of the molecule is O=C(CNc1ccccc1SCC(F)(F)F)Nc1cccc(F)c1. The molecule has 1 amide bonds. The molecule has 2 N–H and O–H groups in total. The van der Waals surface area contributed by atoms with Crippen LogP contribution in [-0.2, 0) is 4.79 Å². The molecule has 0 aliphatic heterocycles. The van der Waals surface area contributed by atoms with Crippen LogP contribution in [0.5, 0.6) is 0 Å². The molecule has 0 saturated carbocycles. The van der Waals surface area contributed by atoms with Crippen LogP contribution in [0, 0.1) is 5.82 Å². The topological polar surface area (TPSA) is 41.1 Å². The van der Waals surface area contributed by atoms with E-state index in [4.69, 9.17) is 0 Å². The molecule has 0 fully saturated rings. The number of carbonyl (C=O) groups is 1. The zero-order valence-corrected chi connectivity index (χ0v) is 13.2. The van der Waals surface area contributed by atoms with Gasteiger partial charge in [-0.2, -0.15) is 13.2 Å². The zero-order chi connectivity index (χ0) is 17.6. The molecule has 0 atom stereocenters. The van der Waals surface area contributed by atoms with Crippen LogP contribution in [0.15, 0.2) is 53.4 Å². The van der Waals surface area contributed by atoms with E-state index in [9.17, 15) is 22.4 Å². The van der Waals surface area contributed by atoms with E-state index >= 15 is 0 Å². The molecule has 3 nitrogen and oxygen atoms in total. The van der Waals surface area contributed by atoms with Gasteiger partial charge in [0.15, 0.2) is 0 Å². The van der Waals surface area contributed by atoms with Gasteiger partial charge in [0, 0.05) is 16.3 Å². The van der Waals surface area contributed by atoms with Gasteiger partial charge in [-0.05, 0) is 30.3 Å². The molecule has 0 saturated heterocycles. The number of thioether (sulfide) groups is 1. The van der Waals surface area contributed by atoms with Crippen molar-refractivity contribution in [1.82, 2.24) is 0 Å². The number of carbonyl (C=O) groups excluding carboxylic acids is 1. The Balaban J connectivity index is 1.92. The number of amides is 1. The summed E-state index contributed by atoms with van der Waals surface area (Å²) in [5.74, 6) is -1.92. The monoisotopic (exact) mass is 358 g/mol. The minimum Gasteiger partial charge on any atom is -0.375 e. The molecular formula is C16H14F4N2OS. The number of benzene rings is 2. The number of halogens is 4. The first-order valence-electron chi connectivity index (χ1n) is 6.91. The Labute approximate surface area is 140 Å². The number of rotatable bonds is 6. The molecule has 0 spiro atoms. The lowest BCUT2D eigenvalue weighted by atomic mass is 10.3. The third kappa shape index (κ3) is 6.11. The fraction of sp³-hybridized carbons (Fsp3) is 0.188. The van der Waals surface area contributed by atoms with Crippen molar-refractivity contribution in [3.05, 3.63) is 54.3 Å². The lowest BCUT2D eigenvalue weighted by molar-refractivity contribution is -0.114. The van der Waals surface area contributed by atoms with Gasteiger partial charge in [-0.1, -0.05) is 18.2 Å². The van der Waals surface area contributed by atoms with Crippen LogP contribution < -0.4 is 10.6 Å². The van der Waals surface area contributed by atoms with Gasteiger partial charge >= 0.3 is 6.18 Å². The Morgan fingerprint density at radius 1 is 1.08 bits per heavy atom. The van der Waals surface area contributed by atoms with Gasteiger partial charge in [0.2, 0.25) is 5.91 Å². The van der Waals surface area contributed by atoms with Crippen molar-refractivity contribution in [2.24, 2.45) is 0 Å². The van der Waals surface area contributed by atoms with Crippen LogP contribution in [0.4, 0.5) is 28.9 Å². The van der Waals surface area contributed by atoms with Crippen molar-refractivity contribution in [3.63, 3.8) is 0 Å². The molecule has 0 heterocycles. The minimum atomic E-state index is -4.27. The van der Waals surface area contributed by atoms with Crippen molar-refractivity contribution >= 4 is 29.0 Å². The highest BCUT2D eigenvalue weighted by molar-refractivity contribution is 7.99. The average Bonchev–Trinajstić information content (AvgIpc) is 2.51. The Hall–Kier alpha value is -2.22. The number of hydrogen-bond donors (Lipinski definition) is 2. The van der Waals surface area contributed by atoms with Gasteiger partial charge in [0.25, 0.3) is 0 Å². The Morgan fingerprint density at radius 3 is 2.54 bits per heavy atom. The maximum Gasteiger partial charge on any atom is 0.398 e. The predicted molar refractivity (Wildman–Crippen MR) is 86.7 cm³/mol. The Kier molecular flexibility index (Phi) is 6.08. The highest BCUT2D eigenvalue weighted by Crippen LogP contribution is 2.31. The molecule has 0 radical (unpaired) electrons. The van der Waals surface area contributed by atoms with E-state index in [1.165, 1.54) is 24.3 Å². The van der Waals surface area contributed by atoms with Crippen LogP contribution in [0.2, 0.25) is 0 Å². The second-order valence-corrected chi connectivity index (χ2v) is 5.83. The van der Waals surface area contributed by atoms with Gasteiger partial charge in [0.05, 0.1) is 12.3 Å². The van der Waals surface area contributed by atoms with E-state index in [1.54, 1.807) is 24.3 Å². The summed E-state index contributed by atoms with van der Waals surface area (Å²) < 4.78 is 50.0. The molecule has 2 rings (SSSR count). The van der Waals surface area contributed by atoms with Crippen LogP contribution >= 0.6 is 11.8 Å². The second-order valence-electron chi connectivity index (χ2n) is 4.81. The molecule has 24 heavy (non-hydrogen) atoms. The number of anilines is 2. The maximum absolute atomic E-state index is 13.0. The molecular weight excluding hydrogens is 344 g/mol. The first-order valence-corrected chi connectivity index (χ1v) is 7.90. The summed E-state index contributed by atoms with van der Waals surface area (Å²) in [4.78, 5) is 12.2. The normalized spacial score (nSPS) is 11.2. The fourth-order valence-electron chi connectivity index (χ4n) is 1.85. The largest absolute Gasteiger partial charge is 0.398 e. The smallest absolute Gasteiger partial charge is 0.375 e. The average molecular weight is 358 g/mol. The van der Waals surface area contributed by atoms with Crippen LogP contribution in [0.25, 0.3) is 0 Å². The molecule has 8 heteroatoms. The molecule has 0 aliphatic carbocycles. The lowest BCUT2D eigenvalue weighted by Gasteiger charge is -2.13. The van der Waals surface area contributed by atoms with Crippen molar-refractivity contribution in [2.75, 3.05) is 22.9 Å². The summed E-state index contributed by atoms with van der Waals surface area (Å²) in [6.07, 6.45) is -4.27. The molecule has 0 aromatic heterocycles. The first-order chi connectivity index (χ1) is 11.3. The van der Waals surface area contributed by atoms with Gasteiger partial charge < -0.3 is 10.6 Å². The third-order valence-electron chi connectivity index (χ3n) is 2.83. The second kappa shape index (κ2) is 8.05. The highest BCUT2D eigenvalue weighted by Gasteiger charge is 2.27. The molecule has 2 aromatic rings. The van der Waals surface area contributed by atoms with Gasteiger partial charge in [-0.3, -0.25) is 4.79 Å². The first kappa shape index (κ1) is 18.1. The van der Waals surface area contributed by atoms with E-state index in [2.05, 4.69) is 10.6 Å². The molecule has 0 aliphatic rings. The predicted octanol–water partition coefficient (Wildman–Crippen LogP) is 4.53. The molecule has 2 aromatic carbocycles. The van der Waals surface area contributed by atoms with Crippen molar-refractivity contribution < 1.29 is 22.4 Å². The Morgan fingerprint density at radius 2 is 1.83 bits per heavy atom. The van der Waals surface area contributed by atoms with Gasteiger partial charge in [-0.25, -0.2) is 4.39 Å². The number of hydrogen-bond acceptors (Lipinski definition) is 3. The van der Waals surface area contributed by atoms with Gasteiger partial charge in [-0.15, -0.1) is 11.8 Å². The number of nitrogens with one attached hydrogen (secondary N) is 2. The standard InChI is InChI=1S/C16H14F4N2OS/c17-11-4-3-5-12(8-11)22-15(23)9-21-13-6-1-2-7-14(13)24-10-16(18,19)20/h1-8,21H,9-10H2,(H,22,23). The molecule has 0 unspecified atom stereocenters. The van der Waals surface area contributed by atoms with E-state index in [0.717, 1.165) is 0 Å². The lowest BCUT2D eigenvalue weighted by Crippen LogP contribution is -2.22. The highest BCUT2D eigenvalue weighted by atomic mass is 32.2. The van der Waals surface area contributed by atoms with E-state index in [1.807, 2.05) is 0 Å². The summed E-state index contributed by atoms with van der Waals surface area (Å²) in [5.41, 5.74) is 0.739. The van der Waals surface area contributed by atoms with E-state index in [-0.39, 0.29) is 6.54 Å². The molecule has 128 valence electrons. The zero-order valence-electron chi connectivity index (χ0n) is 12.4. The molecule has 0 bridgehead atoms. The van der Waals surface area contributed by atoms with E-state index in [0.29, 0.717) is 28.0 Å². The maximum atomic E-state index is 13.0. The summed E-state index contributed by atoms with van der Waals surface area (Å²) in [5, 5.41) is 5.29. The van der Waals surface area contributed by atoms with Crippen LogP contribution in [0.1, 0.15) is 0 Å². The van der Waals surface area contributed by atoms with Crippen LogP contribution in [0.3, 0.4) is 0 Å². The van der Waals surface area contributed by atoms with Crippen molar-refractivity contribution in [2.45, 2.75) is 11.1 Å². The summed E-state index contributed by atoms with van der Waals surface area (Å²) >= 11 is 0.643. The van der Waals surface area contributed by atoms with Crippen molar-refractivity contribution in [1.29, 1.82) is 0 Å². The fourth-order valence-corrected chi connectivity index (χ4v) is 2.63. The summed E-state index contributed by atoms with van der Waals surface area (Å²) in [6, 6.07) is 11.8. The number of para-hydroxylation sites is 1. The Bertz CT molecular complexity index is 706. The van der Waals surface area contributed by atoms with E-state index < -0.39 is 23.7 Å². The number of alkyl halides is 3.